The van der Waals surface area contributed by atoms with Gasteiger partial charge in [0.15, 0.2) is 0 Å². The summed E-state index contributed by atoms with van der Waals surface area (Å²) in [6, 6.07) is 0.992. The lowest BCUT2D eigenvalue weighted by Gasteiger charge is -2.25. The molecule has 0 bridgehead atoms. The molecule has 3 unspecified atom stereocenters. The lowest BCUT2D eigenvalue weighted by atomic mass is 9.90. The minimum atomic E-state index is -4.59. The fraction of sp³-hybridized carbons (Fsp3) is 0.474. The number of hydrazine groups is 1. The lowest BCUT2D eigenvalue weighted by molar-refractivity contribution is -0.149. The molecule has 1 aromatic carbocycles. The molecule has 12 heteroatoms. The van der Waals surface area contributed by atoms with Crippen molar-refractivity contribution in [1.29, 1.82) is 0 Å². The number of nitrogens with zero attached hydrogens (tertiary/aromatic N) is 2. The van der Waals surface area contributed by atoms with Crippen LogP contribution in [0.4, 0.5) is 32.0 Å². The van der Waals surface area contributed by atoms with E-state index in [0.29, 0.717) is 6.92 Å². The maximum Gasteiger partial charge on any atom is 0.409 e. The molecule has 2 aliphatic heterocycles. The molecule has 1 aromatic rings. The van der Waals surface area contributed by atoms with E-state index in [0.717, 1.165) is 29.3 Å². The largest absolute Gasteiger partial charge is 0.409 e. The van der Waals surface area contributed by atoms with Crippen LogP contribution < -0.4 is 10.7 Å². The Morgan fingerprint density at radius 1 is 1.19 bits per heavy atom. The lowest BCUT2D eigenvalue weighted by Crippen LogP contribution is -2.44. The number of amides is 2. The molecule has 2 amide bonds. The van der Waals surface area contributed by atoms with Gasteiger partial charge in [0.25, 0.3) is 5.92 Å². The number of nitrogens with one attached hydrogen (secondary N) is 2. The number of alkyl halides is 5. The van der Waals surface area contributed by atoms with Gasteiger partial charge in [0, 0.05) is 39.2 Å². The molecule has 170 valence electrons. The topological polar surface area (TPSA) is 64.7 Å². The van der Waals surface area contributed by atoms with Gasteiger partial charge in [-0.1, -0.05) is 6.07 Å². The first-order valence-electron chi connectivity index (χ1n) is 9.22. The van der Waals surface area contributed by atoms with Crippen molar-refractivity contribution in [2.75, 3.05) is 26.0 Å². The van der Waals surface area contributed by atoms with E-state index in [1.165, 1.54) is 19.0 Å². The molecule has 0 aromatic heterocycles. The summed E-state index contributed by atoms with van der Waals surface area (Å²) < 4.78 is 81.0. The second-order valence-electron chi connectivity index (χ2n) is 7.64. The third kappa shape index (κ3) is 4.34. The number of carbonyl (C=O) groups is 2. The molecule has 2 heterocycles. The molecule has 3 rings (SSSR count). The van der Waals surface area contributed by atoms with Gasteiger partial charge in [-0.05, 0) is 18.2 Å². The fourth-order valence-electron chi connectivity index (χ4n) is 3.89. The van der Waals surface area contributed by atoms with Crippen molar-refractivity contribution >= 4 is 17.5 Å². The SMILES string of the molecule is CN1CC(C2=CC(C(F)(F)F)NN2C)C(C(=O)Nc2cccc(F)c2C(C)(F)F)C1=O. The number of likely N-dealkylation sites (tertiary alicyclic amines) is 1. The summed E-state index contributed by atoms with van der Waals surface area (Å²) in [5.74, 6) is -9.02. The zero-order valence-electron chi connectivity index (χ0n) is 16.7. The molecule has 0 saturated carbocycles. The number of halogens is 6. The molecular formula is C19H20F6N4O2. The number of hydrogen-bond donors (Lipinski definition) is 2. The maximum absolute atomic E-state index is 14.0. The summed E-state index contributed by atoms with van der Waals surface area (Å²) >= 11 is 0. The van der Waals surface area contributed by atoms with E-state index in [-0.39, 0.29) is 12.2 Å². The second kappa shape index (κ2) is 7.74. The van der Waals surface area contributed by atoms with E-state index in [9.17, 15) is 35.9 Å². The van der Waals surface area contributed by atoms with Gasteiger partial charge >= 0.3 is 6.18 Å². The molecule has 0 aliphatic carbocycles. The van der Waals surface area contributed by atoms with Crippen molar-refractivity contribution in [2.45, 2.75) is 25.1 Å². The van der Waals surface area contributed by atoms with E-state index in [2.05, 4.69) is 10.7 Å². The van der Waals surface area contributed by atoms with Crippen molar-refractivity contribution in [3.63, 3.8) is 0 Å². The van der Waals surface area contributed by atoms with Crippen molar-refractivity contribution in [3.8, 4) is 0 Å². The highest BCUT2D eigenvalue weighted by atomic mass is 19.4. The van der Waals surface area contributed by atoms with Crippen molar-refractivity contribution in [2.24, 2.45) is 11.8 Å². The van der Waals surface area contributed by atoms with Crippen LogP contribution in [0, 0.1) is 17.7 Å². The van der Waals surface area contributed by atoms with Crippen molar-refractivity contribution in [3.05, 3.63) is 41.4 Å². The maximum atomic E-state index is 14.0. The molecule has 1 saturated heterocycles. The number of anilines is 1. The molecule has 2 aliphatic rings. The van der Waals surface area contributed by atoms with Gasteiger partial charge in [-0.2, -0.15) is 13.2 Å². The normalized spacial score (nSPS) is 24.6. The van der Waals surface area contributed by atoms with E-state index in [1.54, 1.807) is 0 Å². The Labute approximate surface area is 173 Å². The Morgan fingerprint density at radius 2 is 1.84 bits per heavy atom. The molecule has 3 atom stereocenters. The van der Waals surface area contributed by atoms with Gasteiger partial charge < -0.3 is 15.2 Å². The molecular weight excluding hydrogens is 430 g/mol. The Balaban J connectivity index is 1.93. The summed E-state index contributed by atoms with van der Waals surface area (Å²) in [7, 11) is 2.69. The van der Waals surface area contributed by atoms with Gasteiger partial charge in [-0.25, -0.2) is 18.6 Å². The fourth-order valence-corrected chi connectivity index (χ4v) is 3.89. The van der Waals surface area contributed by atoms with Crippen LogP contribution in [0.5, 0.6) is 0 Å². The minimum absolute atomic E-state index is 0.0563. The summed E-state index contributed by atoms with van der Waals surface area (Å²) in [4.78, 5) is 26.7. The van der Waals surface area contributed by atoms with E-state index in [4.69, 9.17) is 0 Å². The third-order valence-electron chi connectivity index (χ3n) is 5.30. The van der Waals surface area contributed by atoms with Crippen LogP contribution >= 0.6 is 0 Å². The molecule has 0 spiro atoms. The monoisotopic (exact) mass is 450 g/mol. The molecule has 0 radical (unpaired) electrons. The summed E-state index contributed by atoms with van der Waals surface area (Å²) in [5, 5.41) is 3.25. The Hall–Kier alpha value is -2.76. The minimum Gasteiger partial charge on any atom is -0.344 e. The van der Waals surface area contributed by atoms with E-state index >= 15 is 0 Å². The summed E-state index contributed by atoms with van der Waals surface area (Å²) in [6.07, 6.45) is -3.71. The van der Waals surface area contributed by atoms with Crippen LogP contribution in [0.25, 0.3) is 0 Å². The van der Waals surface area contributed by atoms with Crippen LogP contribution in [-0.2, 0) is 15.5 Å². The quantitative estimate of drug-likeness (QED) is 0.547. The van der Waals surface area contributed by atoms with E-state index in [1.807, 2.05) is 0 Å². The first kappa shape index (κ1) is 22.9. The Morgan fingerprint density at radius 3 is 2.39 bits per heavy atom. The highest BCUT2D eigenvalue weighted by molar-refractivity contribution is 6.08. The van der Waals surface area contributed by atoms with Crippen LogP contribution in [0.15, 0.2) is 30.0 Å². The molecule has 31 heavy (non-hydrogen) atoms. The van der Waals surface area contributed by atoms with Gasteiger partial charge in [-0.3, -0.25) is 9.59 Å². The average molecular weight is 450 g/mol. The summed E-state index contributed by atoms with van der Waals surface area (Å²) in [6.45, 7) is 0.402. The summed E-state index contributed by atoms with van der Waals surface area (Å²) in [5.41, 5.74) is 0.710. The predicted octanol–water partition coefficient (Wildman–Crippen LogP) is 2.85. The molecule has 1 fully saturated rings. The van der Waals surface area contributed by atoms with Crippen molar-refractivity contribution < 1.29 is 35.9 Å². The van der Waals surface area contributed by atoms with Crippen LogP contribution in [0.2, 0.25) is 0 Å². The predicted molar refractivity (Wildman–Crippen MR) is 98.0 cm³/mol. The number of benzene rings is 1. The van der Waals surface area contributed by atoms with Gasteiger partial charge in [0.05, 0.1) is 11.3 Å². The standard InChI is InChI=1S/C19H20F6N4O2/c1-18(21,22)15-10(20)5-4-6-11(15)26-16(30)14-9(8-28(2)17(14)31)12-7-13(19(23,24)25)27-29(12)3/h4-7,9,13-14,27H,8H2,1-3H3,(H,26,30). The average Bonchev–Trinajstić information content (AvgIpc) is 3.14. The number of hydrogen-bond acceptors (Lipinski definition) is 4. The first-order chi connectivity index (χ1) is 14.2. The van der Waals surface area contributed by atoms with Crippen molar-refractivity contribution in [1.82, 2.24) is 15.3 Å². The Bertz CT molecular complexity index is 927. The van der Waals surface area contributed by atoms with Gasteiger partial charge in [0.1, 0.15) is 17.8 Å². The number of carbonyl (C=O) groups excluding carboxylic acids is 2. The van der Waals surface area contributed by atoms with E-state index < -0.39 is 58.9 Å². The first-order valence-corrected chi connectivity index (χ1v) is 9.22. The second-order valence-corrected chi connectivity index (χ2v) is 7.64. The molecule has 6 nitrogen and oxygen atoms in total. The zero-order valence-corrected chi connectivity index (χ0v) is 16.7. The number of rotatable bonds is 4. The third-order valence-corrected chi connectivity index (χ3v) is 5.30. The Kier molecular flexibility index (Phi) is 5.72. The molecule has 2 N–H and O–H groups in total. The smallest absolute Gasteiger partial charge is 0.344 e. The van der Waals surface area contributed by atoms with Gasteiger partial charge in [-0.15, -0.1) is 0 Å². The van der Waals surface area contributed by atoms with Crippen LogP contribution in [0.1, 0.15) is 12.5 Å². The van der Waals surface area contributed by atoms with Gasteiger partial charge in [0.2, 0.25) is 11.8 Å². The highest BCUT2D eigenvalue weighted by Gasteiger charge is 2.50. The zero-order chi connectivity index (χ0) is 23.3. The van der Waals surface area contributed by atoms with Crippen LogP contribution in [0.3, 0.4) is 0 Å². The van der Waals surface area contributed by atoms with Crippen LogP contribution in [-0.4, -0.2) is 54.6 Å². The highest BCUT2D eigenvalue weighted by Crippen LogP contribution is 2.38.